The number of H-pyrrole nitrogens is 1. The van der Waals surface area contributed by atoms with E-state index >= 15 is 0 Å². The Kier molecular flexibility index (Phi) is 4.04. The third-order valence-electron chi connectivity index (χ3n) is 3.56. The van der Waals surface area contributed by atoms with Crippen LogP contribution < -0.4 is 5.32 Å². The Morgan fingerprint density at radius 2 is 2.05 bits per heavy atom. The van der Waals surface area contributed by atoms with E-state index in [-0.39, 0.29) is 6.04 Å². The second-order valence-electron chi connectivity index (χ2n) is 4.92. The van der Waals surface area contributed by atoms with E-state index in [1.165, 1.54) is 0 Å². The standard InChI is InChI=1S/C16H15Cl2N3/c1-2-14(10-6-7-12(17)13(18)8-10)20-15-5-3-4-11-9-19-21-16(11)15/h3-9,14,20H,2H2,1H3,(H,19,21). The quantitative estimate of drug-likeness (QED) is 0.672. The summed E-state index contributed by atoms with van der Waals surface area (Å²) in [4.78, 5) is 0. The summed E-state index contributed by atoms with van der Waals surface area (Å²) in [7, 11) is 0. The highest BCUT2D eigenvalue weighted by molar-refractivity contribution is 6.42. The zero-order chi connectivity index (χ0) is 14.8. The summed E-state index contributed by atoms with van der Waals surface area (Å²) in [6.07, 6.45) is 2.75. The molecule has 0 aliphatic heterocycles. The van der Waals surface area contributed by atoms with Crippen molar-refractivity contribution in [2.45, 2.75) is 19.4 Å². The molecule has 0 aliphatic carbocycles. The van der Waals surface area contributed by atoms with Gasteiger partial charge in [-0.25, -0.2) is 0 Å². The van der Waals surface area contributed by atoms with E-state index in [0.29, 0.717) is 10.0 Å². The molecular weight excluding hydrogens is 305 g/mol. The van der Waals surface area contributed by atoms with Crippen molar-refractivity contribution in [1.29, 1.82) is 0 Å². The number of aromatic nitrogens is 2. The first-order valence-electron chi connectivity index (χ1n) is 6.82. The lowest BCUT2D eigenvalue weighted by atomic mass is 10.0. The summed E-state index contributed by atoms with van der Waals surface area (Å²) in [6.45, 7) is 2.13. The van der Waals surface area contributed by atoms with Gasteiger partial charge in [-0.3, -0.25) is 5.10 Å². The minimum Gasteiger partial charge on any atom is -0.377 e. The van der Waals surface area contributed by atoms with E-state index in [4.69, 9.17) is 23.2 Å². The largest absolute Gasteiger partial charge is 0.377 e. The van der Waals surface area contributed by atoms with Gasteiger partial charge in [0.15, 0.2) is 0 Å². The zero-order valence-electron chi connectivity index (χ0n) is 11.5. The van der Waals surface area contributed by atoms with Crippen LogP contribution in [0.1, 0.15) is 24.9 Å². The first kappa shape index (κ1) is 14.2. The molecule has 0 saturated carbocycles. The van der Waals surface area contributed by atoms with Crippen LogP contribution in [0.3, 0.4) is 0 Å². The molecule has 1 unspecified atom stereocenters. The molecule has 108 valence electrons. The maximum Gasteiger partial charge on any atom is 0.0881 e. The summed E-state index contributed by atoms with van der Waals surface area (Å²) in [6, 6.07) is 12.0. The molecule has 1 aromatic heterocycles. The monoisotopic (exact) mass is 319 g/mol. The van der Waals surface area contributed by atoms with Crippen LogP contribution in [0.5, 0.6) is 0 Å². The number of nitrogens with one attached hydrogen (secondary N) is 2. The van der Waals surface area contributed by atoms with E-state index < -0.39 is 0 Å². The molecule has 1 heterocycles. The smallest absolute Gasteiger partial charge is 0.0881 e. The van der Waals surface area contributed by atoms with Crippen LogP contribution in [-0.4, -0.2) is 10.2 Å². The van der Waals surface area contributed by atoms with E-state index in [2.05, 4.69) is 22.4 Å². The Balaban J connectivity index is 1.93. The van der Waals surface area contributed by atoms with Crippen LogP contribution in [0.15, 0.2) is 42.6 Å². The molecule has 21 heavy (non-hydrogen) atoms. The third-order valence-corrected chi connectivity index (χ3v) is 4.30. The summed E-state index contributed by atoms with van der Waals surface area (Å²) in [5, 5.41) is 12.9. The van der Waals surface area contributed by atoms with Crippen LogP contribution in [0.4, 0.5) is 5.69 Å². The molecule has 3 rings (SSSR count). The highest BCUT2D eigenvalue weighted by Crippen LogP contribution is 2.30. The fourth-order valence-electron chi connectivity index (χ4n) is 2.43. The number of rotatable bonds is 4. The first-order valence-corrected chi connectivity index (χ1v) is 7.58. The number of halogens is 2. The number of hydrogen-bond donors (Lipinski definition) is 2. The van der Waals surface area contributed by atoms with Gasteiger partial charge in [-0.1, -0.05) is 48.3 Å². The van der Waals surface area contributed by atoms with Crippen LogP contribution in [0.25, 0.3) is 10.9 Å². The number of hydrogen-bond acceptors (Lipinski definition) is 2. The van der Waals surface area contributed by atoms with Crippen molar-refractivity contribution in [3.05, 3.63) is 58.2 Å². The predicted octanol–water partition coefficient (Wildman–Crippen LogP) is 5.43. The topological polar surface area (TPSA) is 40.7 Å². The van der Waals surface area contributed by atoms with E-state index in [1.807, 2.05) is 42.6 Å². The Morgan fingerprint density at radius 1 is 1.19 bits per heavy atom. The van der Waals surface area contributed by atoms with Gasteiger partial charge in [0.2, 0.25) is 0 Å². The Bertz CT molecular complexity index is 767. The van der Waals surface area contributed by atoms with E-state index in [9.17, 15) is 0 Å². The maximum atomic E-state index is 6.12. The lowest BCUT2D eigenvalue weighted by Gasteiger charge is -2.19. The molecule has 0 radical (unpaired) electrons. The third kappa shape index (κ3) is 2.85. The van der Waals surface area contributed by atoms with Gasteiger partial charge in [0.1, 0.15) is 0 Å². The fourth-order valence-corrected chi connectivity index (χ4v) is 2.73. The molecule has 3 aromatic rings. The number of nitrogens with zero attached hydrogens (tertiary/aromatic N) is 1. The minimum atomic E-state index is 0.161. The summed E-state index contributed by atoms with van der Waals surface area (Å²) >= 11 is 12.1. The van der Waals surface area contributed by atoms with E-state index in [0.717, 1.165) is 28.6 Å². The van der Waals surface area contributed by atoms with Crippen molar-refractivity contribution in [3.8, 4) is 0 Å². The summed E-state index contributed by atoms with van der Waals surface area (Å²) < 4.78 is 0. The normalized spacial score (nSPS) is 12.5. The van der Waals surface area contributed by atoms with Gasteiger partial charge in [0, 0.05) is 5.39 Å². The van der Waals surface area contributed by atoms with Crippen molar-refractivity contribution < 1.29 is 0 Å². The van der Waals surface area contributed by atoms with Gasteiger partial charge >= 0.3 is 0 Å². The zero-order valence-corrected chi connectivity index (χ0v) is 13.0. The molecule has 0 saturated heterocycles. The van der Waals surface area contributed by atoms with E-state index in [1.54, 1.807) is 0 Å². The molecule has 0 bridgehead atoms. The molecule has 3 nitrogen and oxygen atoms in total. The maximum absolute atomic E-state index is 6.12. The van der Waals surface area contributed by atoms with Gasteiger partial charge in [-0.2, -0.15) is 5.10 Å². The van der Waals surface area contributed by atoms with Crippen molar-refractivity contribution in [3.63, 3.8) is 0 Å². The number of benzene rings is 2. The van der Waals surface area contributed by atoms with Crippen molar-refractivity contribution in [2.24, 2.45) is 0 Å². The number of para-hydroxylation sites is 1. The van der Waals surface area contributed by atoms with Gasteiger partial charge in [0.05, 0.1) is 33.5 Å². The number of anilines is 1. The van der Waals surface area contributed by atoms with Crippen LogP contribution in [-0.2, 0) is 0 Å². The highest BCUT2D eigenvalue weighted by Gasteiger charge is 2.13. The summed E-state index contributed by atoms with van der Waals surface area (Å²) in [5.74, 6) is 0. The molecule has 0 amide bonds. The Morgan fingerprint density at radius 3 is 2.81 bits per heavy atom. The molecule has 1 atom stereocenters. The first-order chi connectivity index (χ1) is 10.2. The second-order valence-corrected chi connectivity index (χ2v) is 5.73. The number of fused-ring (bicyclic) bond motifs is 1. The van der Waals surface area contributed by atoms with Gasteiger partial charge in [-0.05, 0) is 30.2 Å². The Hall–Kier alpha value is -1.71. The highest BCUT2D eigenvalue weighted by atomic mass is 35.5. The number of aromatic amines is 1. The van der Waals surface area contributed by atoms with Crippen molar-refractivity contribution >= 4 is 39.8 Å². The molecule has 0 spiro atoms. The van der Waals surface area contributed by atoms with Crippen molar-refractivity contribution in [2.75, 3.05) is 5.32 Å². The molecular formula is C16H15Cl2N3. The fraction of sp³-hybridized carbons (Fsp3) is 0.188. The molecule has 2 aromatic carbocycles. The van der Waals surface area contributed by atoms with Gasteiger partial charge in [-0.15, -0.1) is 0 Å². The van der Waals surface area contributed by atoms with Gasteiger partial charge < -0.3 is 5.32 Å². The second kappa shape index (κ2) is 5.96. The summed E-state index contributed by atoms with van der Waals surface area (Å²) in [5.41, 5.74) is 3.15. The minimum absolute atomic E-state index is 0.161. The average molecular weight is 320 g/mol. The van der Waals surface area contributed by atoms with Crippen LogP contribution in [0, 0.1) is 0 Å². The van der Waals surface area contributed by atoms with Crippen LogP contribution in [0.2, 0.25) is 10.0 Å². The SMILES string of the molecule is CCC(Nc1cccc2cn[nH]c12)c1ccc(Cl)c(Cl)c1. The lowest BCUT2D eigenvalue weighted by molar-refractivity contribution is 0.750. The van der Waals surface area contributed by atoms with Crippen LogP contribution >= 0.6 is 23.2 Å². The molecule has 2 N–H and O–H groups in total. The average Bonchev–Trinajstić information content (AvgIpc) is 2.97. The Labute approximate surface area is 133 Å². The molecule has 0 fully saturated rings. The van der Waals surface area contributed by atoms with Crippen molar-refractivity contribution in [1.82, 2.24) is 10.2 Å². The predicted molar refractivity (Wildman–Crippen MR) is 89.2 cm³/mol. The molecule has 5 heteroatoms. The van der Waals surface area contributed by atoms with Gasteiger partial charge in [0.25, 0.3) is 0 Å². The lowest BCUT2D eigenvalue weighted by Crippen LogP contribution is -2.10. The molecule has 0 aliphatic rings.